The van der Waals surface area contributed by atoms with Crippen LogP contribution in [0.4, 0.5) is 10.5 Å². The summed E-state index contributed by atoms with van der Waals surface area (Å²) < 4.78 is 1.79. The van der Waals surface area contributed by atoms with Crippen LogP contribution in [-0.4, -0.2) is 26.5 Å². The second-order valence-corrected chi connectivity index (χ2v) is 5.25. The van der Waals surface area contributed by atoms with E-state index in [1.54, 1.807) is 53.8 Å². The number of hydrogen-bond acceptors (Lipinski definition) is 4. The van der Waals surface area contributed by atoms with Gasteiger partial charge in [0.05, 0.1) is 0 Å². The van der Waals surface area contributed by atoms with Gasteiger partial charge < -0.3 is 16.4 Å². The van der Waals surface area contributed by atoms with E-state index in [-0.39, 0.29) is 5.91 Å². The molecule has 0 saturated heterocycles. The van der Waals surface area contributed by atoms with E-state index in [0.29, 0.717) is 17.8 Å². The molecule has 126 valence electrons. The van der Waals surface area contributed by atoms with Crippen LogP contribution in [0.15, 0.2) is 61.3 Å². The molecule has 0 atom stereocenters. The summed E-state index contributed by atoms with van der Waals surface area (Å²) >= 11 is 0. The second kappa shape index (κ2) is 7.26. The molecule has 3 amide bonds. The number of imidazole rings is 1. The molecule has 0 aliphatic rings. The minimum absolute atomic E-state index is 0.258. The number of nitrogens with zero attached hydrogens (tertiary/aromatic N) is 3. The van der Waals surface area contributed by atoms with Crippen molar-refractivity contribution in [2.75, 3.05) is 5.32 Å². The molecule has 0 saturated carbocycles. The average Bonchev–Trinajstić information content (AvgIpc) is 3.14. The summed E-state index contributed by atoms with van der Waals surface area (Å²) in [5, 5.41) is 5.24. The predicted octanol–water partition coefficient (Wildman–Crippen LogP) is 1.69. The molecule has 8 heteroatoms. The Bertz CT molecular complexity index is 874. The molecule has 25 heavy (non-hydrogen) atoms. The summed E-state index contributed by atoms with van der Waals surface area (Å²) in [7, 11) is 0. The standard InChI is InChI=1S/C17H16N6O2/c18-17(25)22-14-3-1-2-13(8-14)16(24)21-10-12-4-5-15(20-9-12)23-7-6-19-11-23/h1-9,11H,10H2,(H,21,24)(H3,18,22,25). The number of carbonyl (C=O) groups is 2. The first-order valence-electron chi connectivity index (χ1n) is 7.50. The van der Waals surface area contributed by atoms with E-state index >= 15 is 0 Å². The third-order valence-corrected chi connectivity index (χ3v) is 3.42. The number of primary amides is 1. The summed E-state index contributed by atoms with van der Waals surface area (Å²) in [4.78, 5) is 31.4. The van der Waals surface area contributed by atoms with Crippen molar-refractivity contribution in [2.45, 2.75) is 6.54 Å². The SMILES string of the molecule is NC(=O)Nc1cccc(C(=O)NCc2ccc(-n3ccnc3)nc2)c1. The number of anilines is 1. The van der Waals surface area contributed by atoms with Crippen LogP contribution >= 0.6 is 0 Å². The quantitative estimate of drug-likeness (QED) is 0.657. The number of benzene rings is 1. The monoisotopic (exact) mass is 336 g/mol. The Balaban J connectivity index is 1.61. The van der Waals surface area contributed by atoms with E-state index in [4.69, 9.17) is 5.73 Å². The van der Waals surface area contributed by atoms with Crippen molar-refractivity contribution in [2.24, 2.45) is 5.73 Å². The Kier molecular flexibility index (Phi) is 4.70. The number of amides is 3. The van der Waals surface area contributed by atoms with Gasteiger partial charge >= 0.3 is 6.03 Å². The molecule has 2 heterocycles. The molecule has 0 spiro atoms. The number of carbonyl (C=O) groups excluding carboxylic acids is 2. The lowest BCUT2D eigenvalue weighted by molar-refractivity contribution is 0.0951. The Morgan fingerprint density at radius 2 is 2.08 bits per heavy atom. The van der Waals surface area contributed by atoms with Gasteiger partial charge in [0.25, 0.3) is 5.91 Å². The number of nitrogens with two attached hydrogens (primary N) is 1. The lowest BCUT2D eigenvalue weighted by Gasteiger charge is -2.08. The highest BCUT2D eigenvalue weighted by molar-refractivity contribution is 5.96. The minimum Gasteiger partial charge on any atom is -0.351 e. The van der Waals surface area contributed by atoms with Gasteiger partial charge in [0, 0.05) is 36.4 Å². The van der Waals surface area contributed by atoms with Gasteiger partial charge in [0.15, 0.2) is 0 Å². The number of urea groups is 1. The molecule has 3 aromatic rings. The van der Waals surface area contributed by atoms with Crippen LogP contribution in [0.1, 0.15) is 15.9 Å². The maximum Gasteiger partial charge on any atom is 0.316 e. The topological polar surface area (TPSA) is 115 Å². The van der Waals surface area contributed by atoms with Crippen molar-refractivity contribution < 1.29 is 9.59 Å². The largest absolute Gasteiger partial charge is 0.351 e. The molecular formula is C17H16N6O2. The van der Waals surface area contributed by atoms with Gasteiger partial charge in [-0.05, 0) is 29.8 Å². The molecular weight excluding hydrogens is 320 g/mol. The van der Waals surface area contributed by atoms with E-state index < -0.39 is 6.03 Å². The van der Waals surface area contributed by atoms with Crippen molar-refractivity contribution >= 4 is 17.6 Å². The summed E-state index contributed by atoms with van der Waals surface area (Å²) in [6.07, 6.45) is 6.84. The van der Waals surface area contributed by atoms with E-state index in [1.165, 1.54) is 0 Å². The summed E-state index contributed by atoms with van der Waals surface area (Å²) in [5.74, 6) is 0.490. The maximum absolute atomic E-state index is 12.2. The molecule has 3 rings (SSSR count). The van der Waals surface area contributed by atoms with Crippen LogP contribution < -0.4 is 16.4 Å². The predicted molar refractivity (Wildman–Crippen MR) is 92.2 cm³/mol. The number of aromatic nitrogens is 3. The van der Waals surface area contributed by atoms with Gasteiger partial charge in [-0.1, -0.05) is 12.1 Å². The lowest BCUT2D eigenvalue weighted by Crippen LogP contribution is -2.23. The zero-order valence-electron chi connectivity index (χ0n) is 13.2. The van der Waals surface area contributed by atoms with Crippen molar-refractivity contribution in [1.82, 2.24) is 19.9 Å². The maximum atomic E-state index is 12.2. The fourth-order valence-electron chi connectivity index (χ4n) is 2.23. The van der Waals surface area contributed by atoms with Crippen LogP contribution in [0, 0.1) is 0 Å². The highest BCUT2D eigenvalue weighted by Crippen LogP contribution is 2.11. The molecule has 1 aromatic carbocycles. The smallest absolute Gasteiger partial charge is 0.316 e. The zero-order chi connectivity index (χ0) is 17.6. The lowest BCUT2D eigenvalue weighted by atomic mass is 10.2. The van der Waals surface area contributed by atoms with Crippen LogP contribution in [0.2, 0.25) is 0 Å². The minimum atomic E-state index is -0.679. The second-order valence-electron chi connectivity index (χ2n) is 5.25. The van der Waals surface area contributed by atoms with Crippen LogP contribution in [-0.2, 0) is 6.54 Å². The van der Waals surface area contributed by atoms with Crippen molar-refractivity contribution in [3.8, 4) is 5.82 Å². The van der Waals surface area contributed by atoms with Gasteiger partial charge in [-0.3, -0.25) is 9.36 Å². The summed E-state index contributed by atoms with van der Waals surface area (Å²) in [6.45, 7) is 0.337. The molecule has 0 unspecified atom stereocenters. The first kappa shape index (κ1) is 16.2. The zero-order valence-corrected chi connectivity index (χ0v) is 13.2. The van der Waals surface area contributed by atoms with E-state index in [2.05, 4.69) is 20.6 Å². The van der Waals surface area contributed by atoms with Gasteiger partial charge in [-0.15, -0.1) is 0 Å². The number of rotatable bonds is 5. The van der Waals surface area contributed by atoms with Gasteiger partial charge in [-0.2, -0.15) is 0 Å². The molecule has 4 N–H and O–H groups in total. The van der Waals surface area contributed by atoms with Crippen molar-refractivity contribution in [3.05, 3.63) is 72.4 Å². The highest BCUT2D eigenvalue weighted by atomic mass is 16.2. The van der Waals surface area contributed by atoms with Crippen molar-refractivity contribution in [3.63, 3.8) is 0 Å². The Hall–Kier alpha value is -3.68. The Labute approximate surface area is 143 Å². The van der Waals surface area contributed by atoms with E-state index in [0.717, 1.165) is 11.4 Å². The Morgan fingerprint density at radius 1 is 1.20 bits per heavy atom. The highest BCUT2D eigenvalue weighted by Gasteiger charge is 2.07. The van der Waals surface area contributed by atoms with Gasteiger partial charge in [0.2, 0.25) is 0 Å². The fourth-order valence-corrected chi connectivity index (χ4v) is 2.23. The molecule has 2 aromatic heterocycles. The van der Waals surface area contributed by atoms with Gasteiger partial charge in [0.1, 0.15) is 12.1 Å². The number of hydrogen-bond donors (Lipinski definition) is 3. The first-order valence-corrected chi connectivity index (χ1v) is 7.50. The van der Waals surface area contributed by atoms with E-state index in [1.807, 2.05) is 12.1 Å². The van der Waals surface area contributed by atoms with Crippen LogP contribution in [0.3, 0.4) is 0 Å². The fraction of sp³-hybridized carbons (Fsp3) is 0.0588. The molecule has 0 radical (unpaired) electrons. The molecule has 0 aliphatic heterocycles. The molecule has 0 fully saturated rings. The van der Waals surface area contributed by atoms with E-state index in [9.17, 15) is 9.59 Å². The molecule has 0 aliphatic carbocycles. The number of nitrogens with one attached hydrogen (secondary N) is 2. The van der Waals surface area contributed by atoms with Gasteiger partial charge in [-0.25, -0.2) is 14.8 Å². The molecule has 8 nitrogen and oxygen atoms in total. The summed E-state index contributed by atoms with van der Waals surface area (Å²) in [5.41, 5.74) is 6.82. The van der Waals surface area contributed by atoms with Crippen LogP contribution in [0.5, 0.6) is 0 Å². The third-order valence-electron chi connectivity index (χ3n) is 3.42. The third kappa shape index (κ3) is 4.20. The average molecular weight is 336 g/mol. The summed E-state index contributed by atoms with van der Waals surface area (Å²) in [6, 6.07) is 9.58. The normalized spacial score (nSPS) is 10.2. The first-order chi connectivity index (χ1) is 12.1. The Morgan fingerprint density at radius 3 is 2.76 bits per heavy atom. The number of pyridine rings is 1. The van der Waals surface area contributed by atoms with Crippen LogP contribution in [0.25, 0.3) is 5.82 Å². The van der Waals surface area contributed by atoms with Crippen molar-refractivity contribution in [1.29, 1.82) is 0 Å². The molecule has 0 bridgehead atoms.